The second kappa shape index (κ2) is 8.00. The van der Waals surface area contributed by atoms with Crippen LogP contribution in [0.3, 0.4) is 0 Å². The Kier molecular flexibility index (Phi) is 5.84. The van der Waals surface area contributed by atoms with Crippen molar-refractivity contribution in [2.75, 3.05) is 18.0 Å². The van der Waals surface area contributed by atoms with Crippen molar-refractivity contribution >= 4 is 17.4 Å². The van der Waals surface area contributed by atoms with E-state index in [4.69, 9.17) is 27.6 Å². The van der Waals surface area contributed by atoms with E-state index >= 15 is 0 Å². The molecule has 28 heavy (non-hydrogen) atoms. The van der Waals surface area contributed by atoms with Gasteiger partial charge in [-0.1, -0.05) is 18.5 Å². The number of nitriles is 1. The van der Waals surface area contributed by atoms with Gasteiger partial charge in [0.15, 0.2) is 11.5 Å². The molecule has 2 aromatic rings. The highest BCUT2D eigenvalue weighted by molar-refractivity contribution is 6.34. The minimum Gasteiger partial charge on any atom is -0.390 e. The number of aromatic nitrogens is 3. The van der Waals surface area contributed by atoms with E-state index in [0.29, 0.717) is 28.5 Å². The number of hydrogen-bond donors (Lipinski definition) is 2. The van der Waals surface area contributed by atoms with Crippen LogP contribution in [0.25, 0.3) is 11.3 Å². The summed E-state index contributed by atoms with van der Waals surface area (Å²) < 4.78 is 0. The first-order valence-electron chi connectivity index (χ1n) is 9.34. The largest absolute Gasteiger partial charge is 0.390 e. The molecule has 0 spiro atoms. The van der Waals surface area contributed by atoms with E-state index in [1.165, 1.54) is 6.20 Å². The van der Waals surface area contributed by atoms with E-state index in [1.54, 1.807) is 6.07 Å². The van der Waals surface area contributed by atoms with Crippen molar-refractivity contribution in [2.45, 2.75) is 46.3 Å². The van der Waals surface area contributed by atoms with Crippen LogP contribution in [0.1, 0.15) is 43.8 Å². The molecular formula is C20H25ClN6O. The predicted octanol–water partition coefficient (Wildman–Crippen LogP) is 2.82. The average molecular weight is 401 g/mol. The van der Waals surface area contributed by atoms with Gasteiger partial charge in [-0.2, -0.15) is 5.26 Å². The van der Waals surface area contributed by atoms with Crippen LogP contribution in [0.15, 0.2) is 12.3 Å². The lowest BCUT2D eigenvalue weighted by atomic mass is 9.75. The number of anilines is 1. The van der Waals surface area contributed by atoms with Crippen LogP contribution < -0.4 is 10.6 Å². The number of nitrogens with two attached hydrogens (primary N) is 1. The second-order valence-corrected chi connectivity index (χ2v) is 8.03. The highest BCUT2D eigenvalue weighted by atomic mass is 35.5. The van der Waals surface area contributed by atoms with Crippen LogP contribution in [-0.2, 0) is 6.61 Å². The summed E-state index contributed by atoms with van der Waals surface area (Å²) in [6, 6.07) is 3.81. The van der Waals surface area contributed by atoms with Gasteiger partial charge in [0.1, 0.15) is 11.8 Å². The van der Waals surface area contributed by atoms with E-state index in [2.05, 4.69) is 28.7 Å². The number of rotatable bonds is 4. The van der Waals surface area contributed by atoms with Crippen LogP contribution in [0.2, 0.25) is 5.02 Å². The Morgan fingerprint density at radius 3 is 2.64 bits per heavy atom. The standard InChI is InChI=1S/C20H25ClN6O/c1-12-18(14-4-7-24-15(10-22)17(14)21)26-16(11-28)19(25-12)27-8-5-20(3,6-9-27)13(2)23/h4,7,13,28H,5-6,8-9,11,23H2,1-3H3/t13-/m1/s1. The number of aryl methyl sites for hydroxylation is 1. The zero-order valence-electron chi connectivity index (χ0n) is 16.4. The van der Waals surface area contributed by atoms with Gasteiger partial charge in [-0.05, 0) is 38.2 Å². The molecule has 1 fully saturated rings. The van der Waals surface area contributed by atoms with Gasteiger partial charge in [0, 0.05) is 30.9 Å². The Morgan fingerprint density at radius 1 is 1.39 bits per heavy atom. The molecule has 3 rings (SSSR count). The topological polar surface area (TPSA) is 112 Å². The van der Waals surface area contributed by atoms with Crippen molar-refractivity contribution in [1.29, 1.82) is 5.26 Å². The summed E-state index contributed by atoms with van der Waals surface area (Å²) in [5.41, 5.74) is 8.73. The van der Waals surface area contributed by atoms with Gasteiger partial charge in [0.05, 0.1) is 23.0 Å². The number of aliphatic hydroxyl groups excluding tert-OH is 1. The minimum atomic E-state index is -0.232. The minimum absolute atomic E-state index is 0.108. The number of pyridine rings is 1. The van der Waals surface area contributed by atoms with E-state index in [0.717, 1.165) is 25.9 Å². The van der Waals surface area contributed by atoms with Crippen molar-refractivity contribution in [3.05, 3.63) is 34.4 Å². The molecule has 0 amide bonds. The van der Waals surface area contributed by atoms with Crippen LogP contribution >= 0.6 is 11.6 Å². The molecule has 148 valence electrons. The smallest absolute Gasteiger partial charge is 0.159 e. The molecule has 1 saturated heterocycles. The first-order valence-corrected chi connectivity index (χ1v) is 9.72. The van der Waals surface area contributed by atoms with Gasteiger partial charge in [0.2, 0.25) is 0 Å². The van der Waals surface area contributed by atoms with Gasteiger partial charge < -0.3 is 15.7 Å². The van der Waals surface area contributed by atoms with Crippen LogP contribution in [0.4, 0.5) is 5.82 Å². The highest BCUT2D eigenvalue weighted by Gasteiger charge is 2.34. The van der Waals surface area contributed by atoms with E-state index < -0.39 is 0 Å². The fourth-order valence-corrected chi connectivity index (χ4v) is 3.79. The lowest BCUT2D eigenvalue weighted by molar-refractivity contribution is 0.204. The van der Waals surface area contributed by atoms with Crippen molar-refractivity contribution in [2.24, 2.45) is 11.1 Å². The van der Waals surface area contributed by atoms with Crippen LogP contribution in [0.5, 0.6) is 0 Å². The summed E-state index contributed by atoms with van der Waals surface area (Å²) in [6.07, 6.45) is 3.44. The SMILES string of the molecule is Cc1nc(N2CCC(C)([C@@H](C)N)CC2)c(CO)nc1-c1ccnc(C#N)c1Cl. The lowest BCUT2D eigenvalue weighted by Gasteiger charge is -2.42. The maximum atomic E-state index is 9.93. The number of hydrogen-bond acceptors (Lipinski definition) is 7. The summed E-state index contributed by atoms with van der Waals surface area (Å²) in [7, 11) is 0. The van der Waals surface area contributed by atoms with Crippen molar-refractivity contribution in [3.8, 4) is 17.3 Å². The number of halogens is 1. The molecule has 7 nitrogen and oxygen atoms in total. The molecule has 0 unspecified atom stereocenters. The molecule has 3 heterocycles. The molecule has 1 atom stereocenters. The van der Waals surface area contributed by atoms with Crippen molar-refractivity contribution < 1.29 is 5.11 Å². The molecule has 1 aliphatic heterocycles. The molecular weight excluding hydrogens is 376 g/mol. The number of piperidine rings is 1. The first kappa shape index (κ1) is 20.5. The fourth-order valence-electron chi connectivity index (χ4n) is 3.55. The number of aliphatic hydroxyl groups is 1. The average Bonchev–Trinajstić information content (AvgIpc) is 2.69. The molecule has 2 aromatic heterocycles. The monoisotopic (exact) mass is 400 g/mol. The molecule has 1 aliphatic rings. The van der Waals surface area contributed by atoms with Gasteiger partial charge in [-0.15, -0.1) is 0 Å². The second-order valence-electron chi connectivity index (χ2n) is 7.65. The van der Waals surface area contributed by atoms with E-state index in [1.807, 2.05) is 13.0 Å². The van der Waals surface area contributed by atoms with E-state index in [-0.39, 0.29) is 28.8 Å². The Hall–Kier alpha value is -2.27. The van der Waals surface area contributed by atoms with Gasteiger partial charge in [-0.3, -0.25) is 0 Å². The lowest BCUT2D eigenvalue weighted by Crippen LogP contribution is -2.47. The molecule has 8 heteroatoms. The number of nitrogens with zero attached hydrogens (tertiary/aromatic N) is 5. The quantitative estimate of drug-likeness (QED) is 0.811. The Morgan fingerprint density at radius 2 is 2.07 bits per heavy atom. The first-order chi connectivity index (χ1) is 13.3. The summed E-state index contributed by atoms with van der Waals surface area (Å²) in [5, 5.41) is 19.3. The molecule has 0 saturated carbocycles. The zero-order valence-corrected chi connectivity index (χ0v) is 17.2. The van der Waals surface area contributed by atoms with Gasteiger partial charge in [-0.25, -0.2) is 15.0 Å². The Balaban J connectivity index is 1.97. The van der Waals surface area contributed by atoms with Gasteiger partial charge >= 0.3 is 0 Å². The third-order valence-electron chi connectivity index (χ3n) is 5.83. The maximum Gasteiger partial charge on any atom is 0.159 e. The summed E-state index contributed by atoms with van der Waals surface area (Å²) in [6.45, 7) is 7.53. The van der Waals surface area contributed by atoms with E-state index in [9.17, 15) is 5.11 Å². The van der Waals surface area contributed by atoms with Crippen molar-refractivity contribution in [3.63, 3.8) is 0 Å². The third-order valence-corrected chi connectivity index (χ3v) is 6.21. The van der Waals surface area contributed by atoms with Crippen molar-refractivity contribution in [1.82, 2.24) is 15.0 Å². The third kappa shape index (κ3) is 3.68. The van der Waals surface area contributed by atoms with Crippen LogP contribution in [0, 0.1) is 23.7 Å². The fraction of sp³-hybridized carbons (Fsp3) is 0.500. The maximum absolute atomic E-state index is 9.93. The predicted molar refractivity (Wildman–Crippen MR) is 109 cm³/mol. The molecule has 0 radical (unpaired) electrons. The molecule has 0 bridgehead atoms. The molecule has 3 N–H and O–H groups in total. The summed E-state index contributed by atoms with van der Waals surface area (Å²) >= 11 is 6.32. The molecule has 0 aromatic carbocycles. The summed E-state index contributed by atoms with van der Waals surface area (Å²) in [4.78, 5) is 15.5. The van der Waals surface area contributed by atoms with Gasteiger partial charge in [0.25, 0.3) is 0 Å². The normalized spacial score (nSPS) is 17.2. The molecule has 0 aliphatic carbocycles. The van der Waals surface area contributed by atoms with Crippen LogP contribution in [-0.4, -0.2) is 39.2 Å². The Bertz CT molecular complexity index is 916. The highest BCUT2D eigenvalue weighted by Crippen LogP contribution is 2.37. The Labute approximate surface area is 170 Å². The summed E-state index contributed by atoms with van der Waals surface area (Å²) in [5.74, 6) is 0.696. The zero-order chi connectivity index (χ0) is 20.5.